The van der Waals surface area contributed by atoms with E-state index >= 15 is 0 Å². The van der Waals surface area contributed by atoms with Crippen molar-refractivity contribution in [3.05, 3.63) is 0 Å². The molecule has 0 amide bonds. The summed E-state index contributed by atoms with van der Waals surface area (Å²) < 4.78 is 6.01. The van der Waals surface area contributed by atoms with E-state index in [1.165, 1.54) is 19.3 Å². The summed E-state index contributed by atoms with van der Waals surface area (Å²) in [5.41, 5.74) is 2.46. The molecule has 7 nitrogen and oxygen atoms in total. The fraction of sp³-hybridized carbons (Fsp3) is 0.769. The zero-order valence-electron chi connectivity index (χ0n) is 12.5. The molecule has 1 aliphatic rings. The quantitative estimate of drug-likeness (QED) is 0.625. The maximum absolute atomic E-state index is 6.01. The second kappa shape index (κ2) is 6.69. The molecule has 3 N–H and O–H groups in total. The van der Waals surface area contributed by atoms with Crippen molar-refractivity contribution in [1.29, 1.82) is 0 Å². The van der Waals surface area contributed by atoms with Gasteiger partial charge in [-0.3, -0.25) is 5.43 Å². The molecular weight excluding hydrogens is 256 g/mol. The average molecular weight is 280 g/mol. The van der Waals surface area contributed by atoms with Gasteiger partial charge in [-0.1, -0.05) is 13.3 Å². The van der Waals surface area contributed by atoms with Crippen molar-refractivity contribution in [3.63, 3.8) is 0 Å². The second-order valence-electron chi connectivity index (χ2n) is 5.39. The first-order valence-corrected chi connectivity index (χ1v) is 7.20. The number of aromatic nitrogens is 3. The van der Waals surface area contributed by atoms with Crippen LogP contribution in [-0.4, -0.2) is 35.2 Å². The minimum Gasteiger partial charge on any atom is -0.460 e. The fourth-order valence-electron chi connectivity index (χ4n) is 2.59. The van der Waals surface area contributed by atoms with E-state index in [1.54, 1.807) is 4.90 Å². The Kier molecular flexibility index (Phi) is 4.94. The van der Waals surface area contributed by atoms with E-state index in [0.29, 0.717) is 23.8 Å². The van der Waals surface area contributed by atoms with Crippen LogP contribution in [0.3, 0.4) is 0 Å². The molecule has 7 heteroatoms. The van der Waals surface area contributed by atoms with Crippen molar-refractivity contribution in [2.24, 2.45) is 11.8 Å². The van der Waals surface area contributed by atoms with Crippen LogP contribution in [0, 0.1) is 5.92 Å². The molecule has 0 saturated heterocycles. The van der Waals surface area contributed by atoms with Crippen molar-refractivity contribution in [2.75, 3.05) is 24.4 Å². The minimum atomic E-state index is 0.191. The lowest BCUT2D eigenvalue weighted by molar-refractivity contribution is 0.0810. The summed E-state index contributed by atoms with van der Waals surface area (Å²) in [7, 11) is 3.74. The molecule has 0 radical (unpaired) electrons. The first-order chi connectivity index (χ1) is 9.63. The predicted molar refractivity (Wildman–Crippen MR) is 78.6 cm³/mol. The Hall–Kier alpha value is -1.63. The van der Waals surface area contributed by atoms with Gasteiger partial charge in [0.1, 0.15) is 6.10 Å². The molecule has 0 spiro atoms. The number of rotatable bonds is 5. The highest BCUT2D eigenvalue weighted by molar-refractivity contribution is 5.36. The minimum absolute atomic E-state index is 0.191. The van der Waals surface area contributed by atoms with Crippen LogP contribution in [0.4, 0.5) is 11.9 Å². The van der Waals surface area contributed by atoms with Gasteiger partial charge in [-0.15, -0.1) is 0 Å². The number of nitrogen functional groups attached to an aromatic ring is 1. The van der Waals surface area contributed by atoms with Crippen LogP contribution in [0.1, 0.15) is 39.0 Å². The van der Waals surface area contributed by atoms with Gasteiger partial charge in [0.05, 0.1) is 0 Å². The van der Waals surface area contributed by atoms with E-state index in [2.05, 4.69) is 27.3 Å². The van der Waals surface area contributed by atoms with Gasteiger partial charge < -0.3 is 9.64 Å². The lowest BCUT2D eigenvalue weighted by Crippen LogP contribution is -2.31. The monoisotopic (exact) mass is 280 g/mol. The van der Waals surface area contributed by atoms with Crippen molar-refractivity contribution in [3.8, 4) is 6.01 Å². The first-order valence-electron chi connectivity index (χ1n) is 7.20. The number of ether oxygens (including phenoxy) is 1. The van der Waals surface area contributed by atoms with E-state index in [1.807, 2.05) is 14.1 Å². The molecular formula is C13H24N6O. The smallest absolute Gasteiger partial charge is 0.323 e. The average Bonchev–Trinajstić information content (AvgIpc) is 2.47. The number of nitrogens with two attached hydrogens (primary N) is 1. The number of nitrogens with one attached hydrogen (secondary N) is 1. The van der Waals surface area contributed by atoms with Crippen molar-refractivity contribution in [2.45, 2.75) is 45.1 Å². The van der Waals surface area contributed by atoms with Crippen molar-refractivity contribution in [1.82, 2.24) is 15.0 Å². The lowest BCUT2D eigenvalue weighted by atomic mass is 9.85. The highest BCUT2D eigenvalue weighted by atomic mass is 16.5. The molecule has 2 unspecified atom stereocenters. The molecule has 1 aromatic rings. The Bertz CT molecular complexity index is 439. The number of hydrogen-bond acceptors (Lipinski definition) is 7. The second-order valence-corrected chi connectivity index (χ2v) is 5.39. The maximum Gasteiger partial charge on any atom is 0.323 e. The summed E-state index contributed by atoms with van der Waals surface area (Å²) in [6.45, 7) is 2.21. The molecule has 20 heavy (non-hydrogen) atoms. The van der Waals surface area contributed by atoms with Gasteiger partial charge in [-0.05, 0) is 31.6 Å². The molecule has 1 saturated carbocycles. The number of hydrazine groups is 1. The van der Waals surface area contributed by atoms with Gasteiger partial charge in [-0.2, -0.15) is 15.0 Å². The third kappa shape index (κ3) is 3.47. The van der Waals surface area contributed by atoms with Gasteiger partial charge in [-0.25, -0.2) is 5.84 Å². The van der Waals surface area contributed by atoms with Crippen LogP contribution in [0.2, 0.25) is 0 Å². The molecule has 0 aliphatic heterocycles. The lowest BCUT2D eigenvalue weighted by Gasteiger charge is -2.30. The van der Waals surface area contributed by atoms with Gasteiger partial charge in [0.15, 0.2) is 0 Å². The first kappa shape index (κ1) is 14.8. The van der Waals surface area contributed by atoms with Crippen LogP contribution in [-0.2, 0) is 0 Å². The SMILES string of the molecule is CCC1CCCCC1Oc1nc(NN)nc(N(C)C)n1. The van der Waals surface area contributed by atoms with E-state index in [4.69, 9.17) is 10.6 Å². The Labute approximate surface area is 119 Å². The Morgan fingerprint density at radius 3 is 2.65 bits per heavy atom. The number of nitrogens with zero attached hydrogens (tertiary/aromatic N) is 4. The molecule has 0 bridgehead atoms. The van der Waals surface area contributed by atoms with E-state index in [-0.39, 0.29) is 6.10 Å². The van der Waals surface area contributed by atoms with Crippen LogP contribution in [0.15, 0.2) is 0 Å². The summed E-state index contributed by atoms with van der Waals surface area (Å²) >= 11 is 0. The molecule has 1 aliphatic carbocycles. The van der Waals surface area contributed by atoms with Gasteiger partial charge in [0.2, 0.25) is 11.9 Å². The molecule has 0 aromatic carbocycles. The molecule has 1 heterocycles. The molecule has 1 aromatic heterocycles. The van der Waals surface area contributed by atoms with E-state index < -0.39 is 0 Å². The Morgan fingerprint density at radius 2 is 2.00 bits per heavy atom. The zero-order valence-corrected chi connectivity index (χ0v) is 12.5. The molecule has 2 rings (SSSR count). The van der Waals surface area contributed by atoms with Crippen molar-refractivity contribution >= 4 is 11.9 Å². The highest BCUT2D eigenvalue weighted by Crippen LogP contribution is 2.29. The van der Waals surface area contributed by atoms with Gasteiger partial charge >= 0.3 is 6.01 Å². The summed E-state index contributed by atoms with van der Waals surface area (Å²) in [5.74, 6) is 6.83. The summed E-state index contributed by atoms with van der Waals surface area (Å²) in [5, 5.41) is 0. The standard InChI is InChI=1S/C13H24N6O/c1-4-9-7-5-6-8-10(9)20-13-16-11(18-14)15-12(17-13)19(2)3/h9-10H,4-8,14H2,1-3H3,(H,15,16,17,18). The third-order valence-electron chi connectivity index (χ3n) is 3.75. The number of anilines is 2. The summed E-state index contributed by atoms with van der Waals surface area (Å²) in [4.78, 5) is 14.5. The van der Waals surface area contributed by atoms with E-state index in [0.717, 1.165) is 12.8 Å². The van der Waals surface area contributed by atoms with Crippen molar-refractivity contribution < 1.29 is 4.74 Å². The Balaban J connectivity index is 2.16. The largest absolute Gasteiger partial charge is 0.460 e. The predicted octanol–water partition coefficient (Wildman–Crippen LogP) is 1.57. The van der Waals surface area contributed by atoms with E-state index in [9.17, 15) is 0 Å². The van der Waals surface area contributed by atoms with Crippen LogP contribution in [0.5, 0.6) is 6.01 Å². The summed E-state index contributed by atoms with van der Waals surface area (Å²) in [6.07, 6.45) is 6.08. The molecule has 112 valence electrons. The normalized spacial score (nSPS) is 22.4. The zero-order chi connectivity index (χ0) is 14.5. The summed E-state index contributed by atoms with van der Waals surface area (Å²) in [6, 6.07) is 0.349. The molecule has 2 atom stereocenters. The Morgan fingerprint density at radius 1 is 1.25 bits per heavy atom. The fourth-order valence-corrected chi connectivity index (χ4v) is 2.59. The van der Waals surface area contributed by atoms with Gasteiger partial charge in [0, 0.05) is 14.1 Å². The van der Waals surface area contributed by atoms with Crippen LogP contribution >= 0.6 is 0 Å². The third-order valence-corrected chi connectivity index (χ3v) is 3.75. The molecule has 1 fully saturated rings. The van der Waals surface area contributed by atoms with Gasteiger partial charge in [0.25, 0.3) is 0 Å². The maximum atomic E-state index is 6.01. The van der Waals surface area contributed by atoms with Crippen LogP contribution < -0.4 is 20.9 Å². The highest BCUT2D eigenvalue weighted by Gasteiger charge is 2.26. The number of hydrogen-bond donors (Lipinski definition) is 2. The van der Waals surface area contributed by atoms with Crippen LogP contribution in [0.25, 0.3) is 0 Å². The topological polar surface area (TPSA) is 89.2 Å².